The molecule has 162 valence electrons. The lowest BCUT2D eigenvalue weighted by Gasteiger charge is -2.58. The number of amides is 1. The summed E-state index contributed by atoms with van der Waals surface area (Å²) in [7, 11) is 0. The van der Waals surface area contributed by atoms with Crippen LogP contribution in [0, 0.1) is 34.8 Å². The fraction of sp³-hybridized carbons (Fsp3) is 0.682. The first kappa shape index (κ1) is 19.7. The van der Waals surface area contributed by atoms with Crippen molar-refractivity contribution < 1.29 is 27.8 Å². The number of pyridine rings is 1. The van der Waals surface area contributed by atoms with Crippen LogP contribution in [0.5, 0.6) is 5.88 Å². The monoisotopic (exact) mass is 420 g/mol. The third kappa shape index (κ3) is 3.34. The number of carbonyl (C=O) groups excluding carboxylic acids is 2. The van der Waals surface area contributed by atoms with E-state index in [-0.39, 0.29) is 47.7 Å². The Morgan fingerprint density at radius 3 is 2.60 bits per heavy atom. The maximum Gasteiger partial charge on any atom is 0.410 e. The summed E-state index contributed by atoms with van der Waals surface area (Å²) in [6.45, 7) is 2.44. The molecule has 0 radical (unpaired) electrons. The maximum absolute atomic E-state index is 13.8. The van der Waals surface area contributed by atoms with Gasteiger partial charge in [-0.25, -0.2) is 18.6 Å². The van der Waals surface area contributed by atoms with E-state index in [0.717, 1.165) is 44.4 Å². The maximum atomic E-state index is 13.8. The van der Waals surface area contributed by atoms with Crippen LogP contribution in [0.25, 0.3) is 0 Å². The average Bonchev–Trinajstić information content (AvgIpc) is 3.15. The number of hydrogen-bond donors (Lipinski definition) is 0. The number of ether oxygens (including phenoxy) is 2. The summed E-state index contributed by atoms with van der Waals surface area (Å²) in [6.07, 6.45) is 5.23. The van der Waals surface area contributed by atoms with E-state index in [9.17, 15) is 18.4 Å². The van der Waals surface area contributed by atoms with Gasteiger partial charge in [-0.3, -0.25) is 4.79 Å². The Morgan fingerprint density at radius 1 is 1.20 bits per heavy atom. The summed E-state index contributed by atoms with van der Waals surface area (Å²) in [6, 6.07) is 0.726. The Morgan fingerprint density at radius 2 is 1.93 bits per heavy atom. The van der Waals surface area contributed by atoms with Gasteiger partial charge in [0.05, 0.1) is 12.7 Å². The van der Waals surface area contributed by atoms with Crippen molar-refractivity contribution in [1.29, 1.82) is 0 Å². The molecule has 1 aliphatic heterocycles. The Hall–Kier alpha value is -2.25. The van der Waals surface area contributed by atoms with Crippen LogP contribution >= 0.6 is 0 Å². The van der Waals surface area contributed by atoms with Crippen LogP contribution in [0.15, 0.2) is 12.3 Å². The molecule has 4 aliphatic carbocycles. The molecule has 1 amide bonds. The first-order valence-corrected chi connectivity index (χ1v) is 10.8. The lowest BCUT2D eigenvalue weighted by atomic mass is 9.47. The summed E-state index contributed by atoms with van der Waals surface area (Å²) < 4.78 is 38.2. The molecule has 1 aromatic rings. The second-order valence-corrected chi connectivity index (χ2v) is 9.57. The zero-order chi connectivity index (χ0) is 21.0. The van der Waals surface area contributed by atoms with Gasteiger partial charge in [0.1, 0.15) is 23.8 Å². The number of hydrogen-bond acceptors (Lipinski definition) is 5. The Bertz CT molecular complexity index is 863. The van der Waals surface area contributed by atoms with E-state index in [0.29, 0.717) is 18.9 Å². The Kier molecular flexibility index (Phi) is 4.71. The van der Waals surface area contributed by atoms with Crippen LogP contribution in [0.2, 0.25) is 0 Å². The van der Waals surface area contributed by atoms with E-state index in [2.05, 4.69) is 4.98 Å². The molecule has 4 bridgehead atoms. The number of halogens is 2. The van der Waals surface area contributed by atoms with Crippen molar-refractivity contribution in [3.05, 3.63) is 23.9 Å². The van der Waals surface area contributed by atoms with Crippen LogP contribution in [-0.4, -0.2) is 47.1 Å². The predicted octanol–water partition coefficient (Wildman–Crippen LogP) is 3.73. The van der Waals surface area contributed by atoms with Gasteiger partial charge in [0.25, 0.3) is 5.88 Å². The molecule has 6 rings (SSSR count). The number of aromatic nitrogens is 1. The largest absolute Gasteiger partial charge is 0.470 e. The fourth-order valence-corrected chi connectivity index (χ4v) is 6.43. The first-order valence-electron chi connectivity index (χ1n) is 10.8. The highest BCUT2D eigenvalue weighted by Crippen LogP contribution is 2.61. The van der Waals surface area contributed by atoms with Gasteiger partial charge < -0.3 is 14.4 Å². The number of nitrogens with zero attached hydrogens (tertiary/aromatic N) is 2. The first-order chi connectivity index (χ1) is 14.3. The van der Waals surface area contributed by atoms with Crippen molar-refractivity contribution in [1.82, 2.24) is 9.88 Å². The van der Waals surface area contributed by atoms with Gasteiger partial charge in [0.15, 0.2) is 5.82 Å². The van der Waals surface area contributed by atoms with Crippen LogP contribution in [0.3, 0.4) is 0 Å². The second kappa shape index (κ2) is 7.17. The van der Waals surface area contributed by atoms with Crippen molar-refractivity contribution in [3.8, 4) is 5.88 Å². The molecule has 2 unspecified atom stereocenters. The minimum Gasteiger partial charge on any atom is -0.470 e. The quantitative estimate of drug-likeness (QED) is 0.742. The van der Waals surface area contributed by atoms with Crippen LogP contribution < -0.4 is 4.74 Å². The highest BCUT2D eigenvalue weighted by molar-refractivity contribution is 5.83. The van der Waals surface area contributed by atoms with Gasteiger partial charge in [-0.1, -0.05) is 0 Å². The molecule has 0 spiro atoms. The van der Waals surface area contributed by atoms with Gasteiger partial charge in [-0.05, 0) is 56.8 Å². The van der Waals surface area contributed by atoms with Crippen molar-refractivity contribution in [2.24, 2.45) is 23.2 Å². The SMILES string of the molecule is CC(=O)C12CC3CC(C1)C(OC(=O)N1CC[C@@H](Oc4ncc(F)cc4F)C1)C(C3)C2. The summed E-state index contributed by atoms with van der Waals surface area (Å²) in [5.74, 6) is -0.501. The van der Waals surface area contributed by atoms with Crippen molar-refractivity contribution >= 4 is 11.9 Å². The van der Waals surface area contributed by atoms with Crippen LogP contribution in [0.4, 0.5) is 13.6 Å². The molecule has 30 heavy (non-hydrogen) atoms. The predicted molar refractivity (Wildman–Crippen MR) is 102 cm³/mol. The summed E-state index contributed by atoms with van der Waals surface area (Å²) in [4.78, 5) is 30.3. The molecule has 6 nitrogen and oxygen atoms in total. The normalized spacial score (nSPS) is 36.8. The van der Waals surface area contributed by atoms with Gasteiger partial charge in [-0.2, -0.15) is 0 Å². The fourth-order valence-electron chi connectivity index (χ4n) is 6.43. The molecule has 8 heteroatoms. The number of Topliss-reactive ketones (excluding diaryl/α,β-unsaturated/α-hetero) is 1. The third-order valence-electron chi connectivity index (χ3n) is 7.63. The highest BCUT2D eigenvalue weighted by Gasteiger charge is 2.58. The lowest BCUT2D eigenvalue weighted by molar-refractivity contribution is -0.160. The van der Waals surface area contributed by atoms with E-state index < -0.39 is 17.7 Å². The van der Waals surface area contributed by atoms with E-state index in [4.69, 9.17) is 9.47 Å². The third-order valence-corrected chi connectivity index (χ3v) is 7.63. The van der Waals surface area contributed by atoms with Crippen molar-refractivity contribution in [2.75, 3.05) is 13.1 Å². The van der Waals surface area contributed by atoms with Crippen molar-refractivity contribution in [2.45, 2.75) is 57.7 Å². The number of carbonyl (C=O) groups is 2. The molecule has 5 aliphatic rings. The van der Waals surface area contributed by atoms with Gasteiger partial charge >= 0.3 is 6.09 Å². The molecule has 4 saturated carbocycles. The number of rotatable bonds is 4. The average molecular weight is 420 g/mol. The molecule has 0 N–H and O–H groups in total. The minimum absolute atomic E-state index is 0.127. The molecule has 1 saturated heterocycles. The van der Waals surface area contributed by atoms with Crippen LogP contribution in [-0.2, 0) is 9.53 Å². The zero-order valence-corrected chi connectivity index (χ0v) is 17.0. The Balaban J connectivity index is 1.19. The molecule has 3 atom stereocenters. The van der Waals surface area contributed by atoms with Gasteiger partial charge in [-0.15, -0.1) is 0 Å². The standard InChI is InChI=1S/C22H26F2N2O4/c1-12(27)22-7-13-4-14(8-22)19(15(5-13)9-22)30-21(28)26-3-2-17(11-26)29-20-18(24)6-16(23)10-25-20/h6,10,13-15,17,19H,2-5,7-9,11H2,1H3/t13?,14?,15?,17-,19?,22?/m1/s1. The summed E-state index contributed by atoms with van der Waals surface area (Å²) >= 11 is 0. The highest BCUT2D eigenvalue weighted by atomic mass is 19.1. The molecule has 1 aromatic heterocycles. The minimum atomic E-state index is -0.857. The second-order valence-electron chi connectivity index (χ2n) is 9.57. The number of likely N-dealkylation sites (tertiary alicyclic amines) is 1. The molecule has 5 fully saturated rings. The van der Waals surface area contributed by atoms with E-state index in [1.54, 1.807) is 11.8 Å². The van der Waals surface area contributed by atoms with Crippen LogP contribution in [0.1, 0.15) is 45.4 Å². The summed E-state index contributed by atoms with van der Waals surface area (Å²) in [5.41, 5.74) is -0.196. The smallest absolute Gasteiger partial charge is 0.410 e. The van der Waals surface area contributed by atoms with E-state index >= 15 is 0 Å². The lowest BCUT2D eigenvalue weighted by Crippen LogP contribution is -2.57. The zero-order valence-electron chi connectivity index (χ0n) is 17.0. The van der Waals surface area contributed by atoms with E-state index in [1.165, 1.54) is 0 Å². The number of ketones is 1. The molecule has 2 heterocycles. The van der Waals surface area contributed by atoms with Gasteiger partial charge in [0, 0.05) is 24.4 Å². The van der Waals surface area contributed by atoms with E-state index in [1.807, 2.05) is 0 Å². The molecular formula is C22H26F2N2O4. The summed E-state index contributed by atoms with van der Waals surface area (Å²) in [5, 5.41) is 0. The topological polar surface area (TPSA) is 68.7 Å². The van der Waals surface area contributed by atoms with Gasteiger partial charge in [0.2, 0.25) is 0 Å². The Labute approximate surface area is 173 Å². The van der Waals surface area contributed by atoms with Crippen molar-refractivity contribution in [3.63, 3.8) is 0 Å². The molecular weight excluding hydrogens is 394 g/mol. The molecule has 0 aromatic carbocycles.